The van der Waals surface area contributed by atoms with Gasteiger partial charge in [0, 0.05) is 6.07 Å². The Morgan fingerprint density at radius 3 is 2.68 bits per heavy atom. The van der Waals surface area contributed by atoms with E-state index < -0.39 is 0 Å². The normalized spacial score (nSPS) is 11.9. The SMILES string of the molecule is Cc1ccccc1C(C)NC(=O)c1ccc[n+]([O-])c1. The molecule has 98 valence electrons. The Morgan fingerprint density at radius 2 is 2.00 bits per heavy atom. The molecule has 0 saturated heterocycles. The van der Waals surface area contributed by atoms with Crippen molar-refractivity contribution >= 4 is 5.91 Å². The van der Waals surface area contributed by atoms with E-state index in [1.807, 2.05) is 38.1 Å². The van der Waals surface area contributed by atoms with Crippen LogP contribution in [0.1, 0.15) is 34.5 Å². The van der Waals surface area contributed by atoms with Gasteiger partial charge in [-0.3, -0.25) is 4.79 Å². The standard InChI is InChI=1S/C15H16N2O2/c1-11-6-3-4-8-14(11)12(2)16-15(18)13-7-5-9-17(19)10-13/h3-10,12H,1-2H3,(H,16,18). The van der Waals surface area contributed by atoms with E-state index in [-0.39, 0.29) is 11.9 Å². The molecular weight excluding hydrogens is 240 g/mol. The van der Waals surface area contributed by atoms with E-state index >= 15 is 0 Å². The first-order chi connectivity index (χ1) is 9.08. The number of amides is 1. The summed E-state index contributed by atoms with van der Waals surface area (Å²) in [5.41, 5.74) is 2.56. The molecule has 2 rings (SSSR count). The molecule has 0 aliphatic heterocycles. The molecule has 0 bridgehead atoms. The van der Waals surface area contributed by atoms with Crippen molar-refractivity contribution in [1.29, 1.82) is 0 Å². The number of pyridine rings is 1. The summed E-state index contributed by atoms with van der Waals surface area (Å²) < 4.78 is 0.618. The molecule has 1 heterocycles. The molecule has 1 N–H and O–H groups in total. The summed E-state index contributed by atoms with van der Waals surface area (Å²) in [6.45, 7) is 3.93. The fourth-order valence-corrected chi connectivity index (χ4v) is 2.02. The maximum absolute atomic E-state index is 12.0. The van der Waals surface area contributed by atoms with Crippen molar-refractivity contribution in [2.45, 2.75) is 19.9 Å². The van der Waals surface area contributed by atoms with Gasteiger partial charge in [0.2, 0.25) is 0 Å². The number of nitrogens with zero attached hydrogens (tertiary/aromatic N) is 1. The van der Waals surface area contributed by atoms with E-state index in [1.54, 1.807) is 12.1 Å². The minimum atomic E-state index is -0.249. The predicted molar refractivity (Wildman–Crippen MR) is 72.5 cm³/mol. The van der Waals surface area contributed by atoms with Crippen molar-refractivity contribution in [3.8, 4) is 0 Å². The smallest absolute Gasteiger partial charge is 0.257 e. The van der Waals surface area contributed by atoms with Crippen LogP contribution in [0.4, 0.5) is 0 Å². The average molecular weight is 256 g/mol. The van der Waals surface area contributed by atoms with Crippen molar-refractivity contribution in [2.24, 2.45) is 0 Å². The van der Waals surface area contributed by atoms with Crippen LogP contribution in [-0.2, 0) is 0 Å². The summed E-state index contributed by atoms with van der Waals surface area (Å²) in [6.07, 6.45) is 2.61. The number of benzene rings is 1. The van der Waals surface area contributed by atoms with Crippen molar-refractivity contribution in [3.63, 3.8) is 0 Å². The highest BCUT2D eigenvalue weighted by Crippen LogP contribution is 2.16. The maximum atomic E-state index is 12.0. The first kappa shape index (κ1) is 13.1. The molecule has 0 aliphatic carbocycles. The third kappa shape index (κ3) is 3.10. The lowest BCUT2D eigenvalue weighted by Crippen LogP contribution is -2.31. The maximum Gasteiger partial charge on any atom is 0.257 e. The summed E-state index contributed by atoms with van der Waals surface area (Å²) in [6, 6.07) is 11.0. The molecular formula is C15H16N2O2. The van der Waals surface area contributed by atoms with Crippen molar-refractivity contribution in [3.05, 3.63) is 70.7 Å². The van der Waals surface area contributed by atoms with Crippen LogP contribution in [0, 0.1) is 12.1 Å². The minimum absolute atomic E-state index is 0.103. The Morgan fingerprint density at radius 1 is 1.26 bits per heavy atom. The molecule has 1 aromatic carbocycles. The second-order valence-electron chi connectivity index (χ2n) is 4.50. The molecule has 1 atom stereocenters. The summed E-state index contributed by atoms with van der Waals surface area (Å²) in [5, 5.41) is 14.0. The third-order valence-electron chi connectivity index (χ3n) is 3.04. The number of carbonyl (C=O) groups excluding carboxylic acids is 1. The third-order valence-corrected chi connectivity index (χ3v) is 3.04. The van der Waals surface area contributed by atoms with Gasteiger partial charge in [-0.05, 0) is 31.0 Å². The lowest BCUT2D eigenvalue weighted by atomic mass is 10.0. The molecule has 1 amide bonds. The van der Waals surface area contributed by atoms with Gasteiger partial charge in [-0.2, -0.15) is 4.73 Å². The monoisotopic (exact) mass is 256 g/mol. The van der Waals surface area contributed by atoms with E-state index in [9.17, 15) is 10.0 Å². The van der Waals surface area contributed by atoms with Gasteiger partial charge in [0.1, 0.15) is 5.56 Å². The lowest BCUT2D eigenvalue weighted by Gasteiger charge is -2.16. The number of aryl methyl sites for hydroxylation is 1. The fraction of sp³-hybridized carbons (Fsp3) is 0.200. The molecule has 1 aromatic heterocycles. The molecule has 4 nitrogen and oxygen atoms in total. The largest absolute Gasteiger partial charge is 0.619 e. The van der Waals surface area contributed by atoms with Gasteiger partial charge < -0.3 is 10.5 Å². The summed E-state index contributed by atoms with van der Waals surface area (Å²) in [5.74, 6) is -0.249. The Hall–Kier alpha value is -2.36. The summed E-state index contributed by atoms with van der Waals surface area (Å²) in [7, 11) is 0. The highest BCUT2D eigenvalue weighted by molar-refractivity contribution is 5.93. The topological polar surface area (TPSA) is 56.0 Å². The number of rotatable bonds is 3. The van der Waals surface area contributed by atoms with E-state index in [0.717, 1.165) is 11.1 Å². The molecule has 0 fully saturated rings. The lowest BCUT2D eigenvalue weighted by molar-refractivity contribution is -0.605. The fourth-order valence-electron chi connectivity index (χ4n) is 2.02. The van der Waals surface area contributed by atoms with Crippen LogP contribution in [0.5, 0.6) is 0 Å². The van der Waals surface area contributed by atoms with E-state index in [0.29, 0.717) is 10.3 Å². The van der Waals surface area contributed by atoms with E-state index in [1.165, 1.54) is 12.4 Å². The van der Waals surface area contributed by atoms with Crippen LogP contribution in [0.15, 0.2) is 48.8 Å². The number of hydrogen-bond acceptors (Lipinski definition) is 2. The number of carbonyl (C=O) groups is 1. The molecule has 0 aliphatic rings. The zero-order valence-corrected chi connectivity index (χ0v) is 11.0. The zero-order valence-electron chi connectivity index (χ0n) is 11.0. The van der Waals surface area contributed by atoms with Gasteiger partial charge in [0.05, 0.1) is 6.04 Å². The van der Waals surface area contributed by atoms with Crippen molar-refractivity contribution < 1.29 is 9.52 Å². The Labute approximate surface area is 112 Å². The molecule has 0 radical (unpaired) electrons. The van der Waals surface area contributed by atoms with Gasteiger partial charge in [-0.1, -0.05) is 24.3 Å². The molecule has 0 saturated carbocycles. The molecule has 1 unspecified atom stereocenters. The van der Waals surface area contributed by atoms with Crippen LogP contribution in [0.2, 0.25) is 0 Å². The van der Waals surface area contributed by atoms with Gasteiger partial charge in [-0.25, -0.2) is 0 Å². The molecule has 4 heteroatoms. The quantitative estimate of drug-likeness (QED) is 0.675. The van der Waals surface area contributed by atoms with Crippen molar-refractivity contribution in [1.82, 2.24) is 5.32 Å². The predicted octanol–water partition coefficient (Wildman–Crippen LogP) is 2.12. The number of aromatic nitrogens is 1. The van der Waals surface area contributed by atoms with Gasteiger partial charge >= 0.3 is 0 Å². The van der Waals surface area contributed by atoms with Crippen LogP contribution >= 0.6 is 0 Å². The second-order valence-corrected chi connectivity index (χ2v) is 4.50. The number of nitrogens with one attached hydrogen (secondary N) is 1. The Bertz CT molecular complexity index is 596. The van der Waals surface area contributed by atoms with Crippen LogP contribution < -0.4 is 10.0 Å². The van der Waals surface area contributed by atoms with Crippen LogP contribution in [-0.4, -0.2) is 5.91 Å². The van der Waals surface area contributed by atoms with Crippen LogP contribution in [0.3, 0.4) is 0 Å². The minimum Gasteiger partial charge on any atom is -0.619 e. The van der Waals surface area contributed by atoms with Crippen molar-refractivity contribution in [2.75, 3.05) is 0 Å². The Kier molecular flexibility index (Phi) is 3.80. The molecule has 0 spiro atoms. The average Bonchev–Trinajstić information content (AvgIpc) is 2.39. The Balaban J connectivity index is 2.13. The van der Waals surface area contributed by atoms with Gasteiger partial charge in [0.25, 0.3) is 5.91 Å². The zero-order chi connectivity index (χ0) is 13.8. The summed E-state index contributed by atoms with van der Waals surface area (Å²) in [4.78, 5) is 12.0. The van der Waals surface area contributed by atoms with E-state index in [4.69, 9.17) is 0 Å². The highest BCUT2D eigenvalue weighted by atomic mass is 16.5. The second kappa shape index (κ2) is 5.52. The first-order valence-electron chi connectivity index (χ1n) is 6.13. The number of hydrogen-bond donors (Lipinski definition) is 1. The molecule has 19 heavy (non-hydrogen) atoms. The van der Waals surface area contributed by atoms with Gasteiger partial charge in [0.15, 0.2) is 12.4 Å². The molecule has 2 aromatic rings. The summed E-state index contributed by atoms with van der Waals surface area (Å²) >= 11 is 0. The van der Waals surface area contributed by atoms with Gasteiger partial charge in [-0.15, -0.1) is 0 Å². The van der Waals surface area contributed by atoms with Crippen LogP contribution in [0.25, 0.3) is 0 Å². The first-order valence-corrected chi connectivity index (χ1v) is 6.13. The highest BCUT2D eigenvalue weighted by Gasteiger charge is 2.14. The van der Waals surface area contributed by atoms with E-state index in [2.05, 4.69) is 5.32 Å².